The van der Waals surface area contributed by atoms with Crippen LogP contribution < -0.4 is 0 Å². The zero-order valence-corrected chi connectivity index (χ0v) is 74.0. The van der Waals surface area contributed by atoms with E-state index < -0.39 is 448 Å². The molecule has 812 valence electrons. The molecular weight excluding hydrogens is 1910 g/mol. The van der Waals surface area contributed by atoms with Crippen molar-refractivity contribution in [1.29, 1.82) is 0 Å². The Balaban J connectivity index is 0.837. The van der Waals surface area contributed by atoms with E-state index in [1.807, 2.05) is 6.92 Å². The van der Waals surface area contributed by atoms with Gasteiger partial charge in [0.2, 0.25) is 0 Å². The summed E-state index contributed by atoms with van der Waals surface area (Å²) in [5, 5.41) is 413. The quantitative estimate of drug-likeness (QED) is 0.0252. The molecule has 0 spiro atoms. The van der Waals surface area contributed by atoms with Crippen molar-refractivity contribution in [1.82, 2.24) is 0 Å². The highest BCUT2D eigenvalue weighted by Gasteiger charge is 2.65. The Morgan fingerprint density at radius 1 is 0.180 bits per heavy atom. The second-order valence-corrected chi connectivity index (χ2v) is 35.5. The summed E-state index contributed by atoms with van der Waals surface area (Å²) in [5.41, 5.74) is 0. The van der Waals surface area contributed by atoms with Crippen LogP contribution in [0.4, 0.5) is 0 Å². The third-order valence-electron chi connectivity index (χ3n) is 26.3. The molecule has 37 N–H and O–H groups in total. The van der Waals surface area contributed by atoms with E-state index in [-0.39, 0.29) is 6.61 Å². The average Bonchev–Trinajstić information content (AvgIpc) is 1.12. The van der Waals surface area contributed by atoms with Gasteiger partial charge in [-0.15, -0.1) is 0 Å². The highest BCUT2D eigenvalue weighted by atomic mass is 16.8. The maximum atomic E-state index is 12.9. The number of hydrogen-bond acceptors (Lipinski definition) is 61. The first-order valence-electron chi connectivity index (χ1n) is 45.2. The van der Waals surface area contributed by atoms with Gasteiger partial charge in [0.15, 0.2) is 75.5 Å². The van der Waals surface area contributed by atoms with Gasteiger partial charge in [0.05, 0.1) is 79.3 Å². The number of hydrogen-bond donors (Lipinski definition) is 37. The SMILES string of the molecule is CCCCCCOC1OC([C@H](O)CO)C(OC2OC(CO)C(OC3OC(CO)C(O)C(O)C3O)C(OC3OC([C@H](O)CO)C(OC4OC(CO)C(OC5OC(CO)C(O)C(O)C5O)C(OC5OC([C@H](O)CO)C(OC6OC(CO)C(OC7OC(CO)C(O)C(O)C7O)C(OC7OC([C@H](O)CO)C(OC8OC(CO)C(OC9OC(CO)C(O)C(O)C9O)C(O)C8O)C7O)C6O)C5O)C4O)C3O)C2O)C1O. The Morgan fingerprint density at radius 3 is 0.612 bits per heavy atom. The Labute approximate surface area is 787 Å². The summed E-state index contributed by atoms with van der Waals surface area (Å²) < 4.78 is 142. The minimum absolute atomic E-state index is 0.00739. The van der Waals surface area contributed by atoms with Gasteiger partial charge < -0.3 is 303 Å². The van der Waals surface area contributed by atoms with Crippen molar-refractivity contribution >= 4 is 0 Å². The molecule has 0 aromatic carbocycles. The Bertz CT molecular complexity index is 3570. The largest absolute Gasteiger partial charge is 0.394 e. The van der Waals surface area contributed by atoms with Crippen LogP contribution in [-0.2, 0) is 114 Å². The fraction of sp³-hybridized carbons (Fsp3) is 1.00. The normalized spacial score (nSPS) is 50.5. The fourth-order valence-corrected chi connectivity index (χ4v) is 18.3. The van der Waals surface area contributed by atoms with Gasteiger partial charge in [0.1, 0.15) is 293 Å². The molecule has 61 heteroatoms. The maximum Gasteiger partial charge on any atom is 0.187 e. The minimum Gasteiger partial charge on any atom is -0.394 e. The first-order valence-corrected chi connectivity index (χ1v) is 45.2. The summed E-state index contributed by atoms with van der Waals surface area (Å²) in [6.07, 6.45) is -129. The average molecular weight is 2050 g/mol. The third kappa shape index (κ3) is 24.8. The highest BCUT2D eigenvalue weighted by Crippen LogP contribution is 2.45. The topological polar surface area (TPSA) is 970 Å². The van der Waals surface area contributed by atoms with Crippen LogP contribution in [0.1, 0.15) is 32.6 Å². The smallest absolute Gasteiger partial charge is 0.187 e. The van der Waals surface area contributed by atoms with E-state index in [9.17, 15) is 189 Å². The number of ether oxygens (including phenoxy) is 24. The van der Waals surface area contributed by atoms with E-state index in [2.05, 4.69) is 0 Å². The number of aliphatic hydroxyl groups is 37. The predicted molar refractivity (Wildman–Crippen MR) is 423 cm³/mol. The molecule has 12 aliphatic heterocycles. The van der Waals surface area contributed by atoms with Crippen molar-refractivity contribution in [2.24, 2.45) is 0 Å². The van der Waals surface area contributed by atoms with Gasteiger partial charge in [-0.05, 0) is 6.42 Å². The van der Waals surface area contributed by atoms with Crippen LogP contribution >= 0.6 is 0 Å². The lowest BCUT2D eigenvalue weighted by Crippen LogP contribution is -2.66. The molecule has 0 aliphatic carbocycles. The van der Waals surface area contributed by atoms with E-state index in [0.717, 1.165) is 12.8 Å². The Hall–Kier alpha value is -2.44. The predicted octanol–water partition coefficient (Wildman–Crippen LogP) is -24.6. The summed E-state index contributed by atoms with van der Waals surface area (Å²) in [6.45, 7) is -12.4. The van der Waals surface area contributed by atoms with E-state index in [1.165, 1.54) is 0 Å². The Morgan fingerprint density at radius 2 is 0.367 bits per heavy atom. The van der Waals surface area contributed by atoms with Gasteiger partial charge in [-0.1, -0.05) is 26.2 Å². The molecule has 0 bridgehead atoms. The molecule has 12 aliphatic rings. The molecule has 139 heavy (non-hydrogen) atoms. The maximum absolute atomic E-state index is 12.9. The molecular formula is C78H134O61. The highest BCUT2D eigenvalue weighted by molar-refractivity contribution is 5.07. The lowest BCUT2D eigenvalue weighted by Gasteiger charge is -2.48. The molecule has 0 aromatic heterocycles. The van der Waals surface area contributed by atoms with Gasteiger partial charge >= 0.3 is 0 Å². The zero-order chi connectivity index (χ0) is 102. The summed E-state index contributed by atoms with van der Waals surface area (Å²) in [5.74, 6) is 0. The van der Waals surface area contributed by atoms with Gasteiger partial charge in [-0.2, -0.15) is 0 Å². The van der Waals surface area contributed by atoms with Crippen LogP contribution in [0.3, 0.4) is 0 Å². The molecule has 12 rings (SSSR count). The zero-order valence-electron chi connectivity index (χ0n) is 74.0. The molecule has 0 amide bonds. The summed E-state index contributed by atoms with van der Waals surface area (Å²) in [7, 11) is 0. The van der Waals surface area contributed by atoms with E-state index >= 15 is 0 Å². The van der Waals surface area contributed by atoms with Crippen molar-refractivity contribution < 1.29 is 303 Å². The first kappa shape index (κ1) is 115. The standard InChI is InChI=1S/C78H134O61/c1-2-3-4-5-6-116-67-45(109)60(52(125-67)19(91)7-79)134-73-49(113)64(57(28(16-88)122-73)130-69-41(105)36(100)32(96)24(12-84)118-69)138-77-47(111)62(54(127-77)21(93)9-81)136-75-51(115)66(59(30(18-90)124-75)132-71-43(107)38(102)34(98)26(14-86)120-71)139-78-48(112)63(55(128-78)22(94)10-82)135-74-50(114)65(58(29(17-89)123-74)131-70-42(106)37(101)33(97)25(13-85)119-70)137-76-46(110)61(53(126-76)20(92)8-80)133-72-44(108)39(103)56(27(15-87)121-72)129-68-40(104)35(99)31(95)23(11-83)117-68/h19-115H,2-18H2,1H3/t19-,20-,21-,22-,23?,24?,25?,26?,27?,28?,29?,30?,31?,32?,33?,34?,35?,36?,37?,38?,39?,40?,41?,42?,43?,44?,45?,46?,47?,48?,49?,50?,51?,52?,53?,54?,55?,56?,57?,58?,59?,60?,61?,62?,63?,64?,65?,66?,67?,68?,69?,70?,71?,72?,73?,74?,75?,76?,77?,78?/m1/s1. The molecule has 12 saturated heterocycles. The molecule has 0 aromatic rings. The molecule has 60 atom stereocenters. The van der Waals surface area contributed by atoms with Crippen molar-refractivity contribution in [3.63, 3.8) is 0 Å². The Kier molecular flexibility index (Phi) is 42.6. The third-order valence-corrected chi connectivity index (χ3v) is 26.3. The molecule has 0 saturated carbocycles. The molecule has 61 nitrogen and oxygen atoms in total. The molecule has 12 heterocycles. The van der Waals surface area contributed by atoms with Crippen LogP contribution in [0.5, 0.6) is 0 Å². The molecule has 0 radical (unpaired) electrons. The lowest BCUT2D eigenvalue weighted by atomic mass is 9.96. The summed E-state index contributed by atoms with van der Waals surface area (Å²) in [4.78, 5) is 0. The van der Waals surface area contributed by atoms with E-state index in [0.29, 0.717) is 12.8 Å². The van der Waals surface area contributed by atoms with Gasteiger partial charge in [-0.3, -0.25) is 0 Å². The molecule has 12 fully saturated rings. The second-order valence-electron chi connectivity index (χ2n) is 35.5. The number of aliphatic hydroxyl groups excluding tert-OH is 37. The summed E-state index contributed by atoms with van der Waals surface area (Å²) >= 11 is 0. The van der Waals surface area contributed by atoms with Crippen molar-refractivity contribution in [2.45, 2.75) is 401 Å². The van der Waals surface area contributed by atoms with E-state index in [4.69, 9.17) is 114 Å². The molecule has 56 unspecified atom stereocenters. The first-order chi connectivity index (χ1) is 66.2. The van der Waals surface area contributed by atoms with E-state index in [1.54, 1.807) is 0 Å². The van der Waals surface area contributed by atoms with Crippen LogP contribution in [0.25, 0.3) is 0 Å². The van der Waals surface area contributed by atoms with Gasteiger partial charge in [-0.25, -0.2) is 0 Å². The fourth-order valence-electron chi connectivity index (χ4n) is 18.3. The van der Waals surface area contributed by atoms with Gasteiger partial charge in [0, 0.05) is 6.61 Å². The monoisotopic (exact) mass is 2050 g/mol. The van der Waals surface area contributed by atoms with Crippen molar-refractivity contribution in [2.75, 3.05) is 85.9 Å². The van der Waals surface area contributed by atoms with Crippen LogP contribution in [-0.4, -0.2) is 643 Å². The number of unbranched alkanes of at least 4 members (excludes halogenated alkanes) is 3. The second kappa shape index (κ2) is 51.4. The number of rotatable bonds is 44. The van der Waals surface area contributed by atoms with Crippen LogP contribution in [0.15, 0.2) is 0 Å². The van der Waals surface area contributed by atoms with Gasteiger partial charge in [0.25, 0.3) is 0 Å². The lowest BCUT2D eigenvalue weighted by molar-refractivity contribution is -0.381. The van der Waals surface area contributed by atoms with Crippen molar-refractivity contribution in [3.05, 3.63) is 0 Å². The van der Waals surface area contributed by atoms with Crippen LogP contribution in [0, 0.1) is 0 Å². The van der Waals surface area contributed by atoms with Crippen molar-refractivity contribution in [3.8, 4) is 0 Å². The summed E-state index contributed by atoms with van der Waals surface area (Å²) in [6, 6.07) is 0. The minimum atomic E-state index is -2.70. The van der Waals surface area contributed by atoms with Crippen LogP contribution in [0.2, 0.25) is 0 Å².